The van der Waals surface area contributed by atoms with Crippen LogP contribution in [-0.4, -0.2) is 41.9 Å². The molecule has 1 aromatic heterocycles. The van der Waals surface area contributed by atoms with Crippen molar-refractivity contribution in [1.82, 2.24) is 9.80 Å². The van der Waals surface area contributed by atoms with Gasteiger partial charge in [-0.15, -0.1) is 0 Å². The number of rotatable bonds is 4. The molecule has 4 rings (SSSR count). The Morgan fingerprint density at radius 1 is 1.11 bits per heavy atom. The van der Waals surface area contributed by atoms with Gasteiger partial charge in [0.15, 0.2) is 5.76 Å². The molecule has 2 aromatic rings. The molecule has 0 bridgehead atoms. The maximum absolute atomic E-state index is 12.8. The van der Waals surface area contributed by atoms with Crippen molar-refractivity contribution in [2.45, 2.75) is 52.5 Å². The summed E-state index contributed by atoms with van der Waals surface area (Å²) in [6.07, 6.45) is 5.14. The van der Waals surface area contributed by atoms with Crippen LogP contribution in [0.5, 0.6) is 0 Å². The number of likely N-dealkylation sites (tertiary alicyclic amines) is 2. The molecule has 1 amide bonds. The van der Waals surface area contributed by atoms with Crippen LogP contribution in [0.2, 0.25) is 0 Å². The zero-order valence-electron chi connectivity index (χ0n) is 17.4. The standard InChI is InChI=1S/C24H32N2O2/c1-18(2)21-7-5-20(6-8-21)15-25-12-4-10-24(16-25)11-13-26(17-24)23(27)22-19(3)9-14-28-22/h5-9,14,18H,4,10-13,15-17H2,1-3H3. The Kier molecular flexibility index (Phi) is 5.33. The minimum absolute atomic E-state index is 0.0563. The number of benzene rings is 1. The summed E-state index contributed by atoms with van der Waals surface area (Å²) in [5, 5.41) is 0. The quantitative estimate of drug-likeness (QED) is 0.761. The van der Waals surface area contributed by atoms with Gasteiger partial charge in [0.1, 0.15) is 0 Å². The van der Waals surface area contributed by atoms with Crippen molar-refractivity contribution in [1.29, 1.82) is 0 Å². The van der Waals surface area contributed by atoms with Crippen LogP contribution in [0.4, 0.5) is 0 Å². The van der Waals surface area contributed by atoms with E-state index in [-0.39, 0.29) is 11.3 Å². The molecule has 1 atom stereocenters. The van der Waals surface area contributed by atoms with Gasteiger partial charge in [0.05, 0.1) is 6.26 Å². The van der Waals surface area contributed by atoms with E-state index in [1.165, 1.54) is 24.0 Å². The molecule has 1 unspecified atom stereocenters. The van der Waals surface area contributed by atoms with E-state index < -0.39 is 0 Å². The lowest BCUT2D eigenvalue weighted by molar-refractivity contribution is 0.0650. The van der Waals surface area contributed by atoms with Crippen LogP contribution in [0.15, 0.2) is 41.0 Å². The lowest BCUT2D eigenvalue weighted by Crippen LogP contribution is -2.45. The summed E-state index contributed by atoms with van der Waals surface area (Å²) in [4.78, 5) is 17.4. The number of furan rings is 1. The molecule has 2 aliphatic heterocycles. The van der Waals surface area contributed by atoms with Crippen molar-refractivity contribution < 1.29 is 9.21 Å². The van der Waals surface area contributed by atoms with E-state index in [1.54, 1.807) is 6.26 Å². The third-order valence-corrected chi connectivity index (χ3v) is 6.57. The van der Waals surface area contributed by atoms with Gasteiger partial charge in [-0.2, -0.15) is 0 Å². The van der Waals surface area contributed by atoms with E-state index in [2.05, 4.69) is 43.0 Å². The van der Waals surface area contributed by atoms with Crippen molar-refractivity contribution in [2.75, 3.05) is 26.2 Å². The summed E-state index contributed by atoms with van der Waals surface area (Å²) in [6.45, 7) is 11.4. The average molecular weight is 381 g/mol. The highest BCUT2D eigenvalue weighted by Crippen LogP contribution is 2.40. The van der Waals surface area contributed by atoms with Crippen LogP contribution in [0.1, 0.15) is 66.3 Å². The maximum atomic E-state index is 12.8. The number of carbonyl (C=O) groups is 1. The number of carbonyl (C=O) groups excluding carboxylic acids is 1. The monoisotopic (exact) mass is 380 g/mol. The van der Waals surface area contributed by atoms with Crippen LogP contribution in [0.25, 0.3) is 0 Å². The topological polar surface area (TPSA) is 36.7 Å². The minimum atomic E-state index is 0.0563. The molecule has 150 valence electrons. The number of amides is 1. The molecular weight excluding hydrogens is 348 g/mol. The zero-order chi connectivity index (χ0) is 19.7. The van der Waals surface area contributed by atoms with E-state index in [0.717, 1.165) is 44.7 Å². The highest BCUT2D eigenvalue weighted by molar-refractivity contribution is 5.93. The van der Waals surface area contributed by atoms with Crippen LogP contribution < -0.4 is 0 Å². The first kappa shape index (κ1) is 19.3. The normalized spacial score (nSPS) is 23.1. The number of piperidine rings is 1. The predicted octanol–water partition coefficient (Wildman–Crippen LogP) is 4.84. The van der Waals surface area contributed by atoms with E-state index in [9.17, 15) is 4.79 Å². The van der Waals surface area contributed by atoms with Crippen LogP contribution in [0.3, 0.4) is 0 Å². The van der Waals surface area contributed by atoms with Gasteiger partial charge in [0.2, 0.25) is 0 Å². The minimum Gasteiger partial charge on any atom is -0.459 e. The van der Waals surface area contributed by atoms with Gasteiger partial charge in [-0.3, -0.25) is 9.69 Å². The third-order valence-electron chi connectivity index (χ3n) is 6.57. The van der Waals surface area contributed by atoms with Crippen LogP contribution >= 0.6 is 0 Å². The molecule has 0 N–H and O–H groups in total. The molecule has 0 radical (unpaired) electrons. The van der Waals surface area contributed by atoms with Crippen molar-refractivity contribution in [3.63, 3.8) is 0 Å². The van der Waals surface area contributed by atoms with Gasteiger partial charge in [-0.25, -0.2) is 0 Å². The summed E-state index contributed by atoms with van der Waals surface area (Å²) in [6, 6.07) is 11.0. The second-order valence-corrected chi connectivity index (χ2v) is 9.12. The van der Waals surface area contributed by atoms with Gasteiger partial charge in [0, 0.05) is 37.2 Å². The Morgan fingerprint density at radius 3 is 2.57 bits per heavy atom. The SMILES string of the molecule is Cc1ccoc1C(=O)N1CCC2(CCCN(Cc3ccc(C(C)C)cc3)C2)C1. The van der Waals surface area contributed by atoms with Crippen LogP contribution in [-0.2, 0) is 6.54 Å². The molecule has 4 heteroatoms. The molecular formula is C24H32N2O2. The Morgan fingerprint density at radius 2 is 1.89 bits per heavy atom. The smallest absolute Gasteiger partial charge is 0.289 e. The first-order valence-corrected chi connectivity index (χ1v) is 10.6. The van der Waals surface area contributed by atoms with Crippen molar-refractivity contribution >= 4 is 5.91 Å². The second-order valence-electron chi connectivity index (χ2n) is 9.12. The first-order valence-electron chi connectivity index (χ1n) is 10.6. The number of hydrogen-bond donors (Lipinski definition) is 0. The van der Waals surface area contributed by atoms with E-state index in [1.807, 2.05) is 17.9 Å². The summed E-state index contributed by atoms with van der Waals surface area (Å²) < 4.78 is 5.44. The van der Waals surface area contributed by atoms with E-state index in [4.69, 9.17) is 4.42 Å². The molecule has 2 fully saturated rings. The molecule has 1 aromatic carbocycles. The largest absolute Gasteiger partial charge is 0.459 e. The molecule has 0 aliphatic carbocycles. The molecule has 2 aliphatic rings. The van der Waals surface area contributed by atoms with Crippen molar-refractivity contribution in [2.24, 2.45) is 5.41 Å². The van der Waals surface area contributed by atoms with Crippen molar-refractivity contribution in [3.8, 4) is 0 Å². The van der Waals surface area contributed by atoms with Gasteiger partial charge in [0.25, 0.3) is 5.91 Å². The number of nitrogens with zero attached hydrogens (tertiary/aromatic N) is 2. The van der Waals surface area contributed by atoms with Crippen LogP contribution in [0, 0.1) is 12.3 Å². The highest BCUT2D eigenvalue weighted by atomic mass is 16.3. The zero-order valence-corrected chi connectivity index (χ0v) is 17.4. The molecule has 3 heterocycles. The maximum Gasteiger partial charge on any atom is 0.289 e. The molecule has 0 saturated carbocycles. The predicted molar refractivity (Wildman–Crippen MR) is 111 cm³/mol. The lowest BCUT2D eigenvalue weighted by Gasteiger charge is -2.40. The van der Waals surface area contributed by atoms with E-state index >= 15 is 0 Å². The van der Waals surface area contributed by atoms with Crippen molar-refractivity contribution in [3.05, 3.63) is 59.0 Å². The molecule has 2 saturated heterocycles. The fourth-order valence-electron chi connectivity index (χ4n) is 4.89. The van der Waals surface area contributed by atoms with Gasteiger partial charge in [-0.05, 0) is 55.8 Å². The average Bonchev–Trinajstić information content (AvgIpc) is 3.28. The Hall–Kier alpha value is -2.07. The van der Waals surface area contributed by atoms with Gasteiger partial charge in [-0.1, -0.05) is 38.1 Å². The Balaban J connectivity index is 1.39. The third kappa shape index (κ3) is 3.88. The lowest BCUT2D eigenvalue weighted by atomic mass is 9.79. The number of aryl methyl sites for hydroxylation is 1. The molecule has 28 heavy (non-hydrogen) atoms. The van der Waals surface area contributed by atoms with E-state index in [0.29, 0.717) is 11.7 Å². The fourth-order valence-corrected chi connectivity index (χ4v) is 4.89. The molecule has 1 spiro atoms. The first-order chi connectivity index (χ1) is 13.5. The Labute approximate surface area is 168 Å². The van der Waals surface area contributed by atoms with Gasteiger partial charge < -0.3 is 9.32 Å². The summed E-state index contributed by atoms with van der Waals surface area (Å²) in [7, 11) is 0. The summed E-state index contributed by atoms with van der Waals surface area (Å²) >= 11 is 0. The number of hydrogen-bond acceptors (Lipinski definition) is 3. The summed E-state index contributed by atoms with van der Waals surface area (Å²) in [5.41, 5.74) is 3.96. The molecule has 4 nitrogen and oxygen atoms in total. The highest BCUT2D eigenvalue weighted by Gasteiger charge is 2.43. The summed E-state index contributed by atoms with van der Waals surface area (Å²) in [5.74, 6) is 1.14. The fraction of sp³-hybridized carbons (Fsp3) is 0.542. The van der Waals surface area contributed by atoms with Gasteiger partial charge >= 0.3 is 0 Å². The second kappa shape index (κ2) is 7.75. The Bertz CT molecular complexity index is 823.